The quantitative estimate of drug-likeness (QED) is 0.365. The van der Waals surface area contributed by atoms with Gasteiger partial charge in [0.2, 0.25) is 5.95 Å². The molecule has 1 fully saturated rings. The van der Waals surface area contributed by atoms with Crippen LogP contribution in [0.2, 0.25) is 0 Å². The lowest BCUT2D eigenvalue weighted by molar-refractivity contribution is 0.188. The van der Waals surface area contributed by atoms with E-state index in [4.69, 9.17) is 4.98 Å². The largest absolute Gasteiger partial charge is 0.395 e. The van der Waals surface area contributed by atoms with Crippen LogP contribution in [0.4, 0.5) is 5.95 Å². The van der Waals surface area contributed by atoms with Gasteiger partial charge in [0.15, 0.2) is 16.3 Å². The van der Waals surface area contributed by atoms with E-state index < -0.39 is 5.69 Å². The van der Waals surface area contributed by atoms with Gasteiger partial charge in [-0.3, -0.25) is 18.8 Å². The molecule has 0 radical (unpaired) electrons. The second-order valence-electron chi connectivity index (χ2n) is 7.37. The number of piperazine rings is 1. The average Bonchev–Trinajstić information content (AvgIpc) is 3.17. The third-order valence-electron chi connectivity index (χ3n) is 5.49. The zero-order valence-electron chi connectivity index (χ0n) is 17.6. The summed E-state index contributed by atoms with van der Waals surface area (Å²) in [7, 11) is 3.12. The first kappa shape index (κ1) is 21.5. The number of aliphatic hydroxyl groups excluding tert-OH is 1. The number of β-amino-alcohol motifs (C(OH)–C–C–N with tert-alkyl or cyclic N) is 1. The Kier molecular flexibility index (Phi) is 6.39. The normalized spacial score (nSPS) is 15.1. The Morgan fingerprint density at radius 3 is 2.42 bits per heavy atom. The Hall–Kier alpha value is -2.70. The van der Waals surface area contributed by atoms with E-state index in [1.54, 1.807) is 25.5 Å². The molecule has 1 aliphatic rings. The molecule has 0 aliphatic carbocycles. The molecule has 3 aromatic rings. The smallest absolute Gasteiger partial charge is 0.332 e. The average molecular weight is 447 g/mol. The van der Waals surface area contributed by atoms with Gasteiger partial charge in [0, 0.05) is 71.5 Å². The Morgan fingerprint density at radius 2 is 1.74 bits per heavy atom. The van der Waals surface area contributed by atoms with Crippen molar-refractivity contribution < 1.29 is 5.11 Å². The lowest BCUT2D eigenvalue weighted by atomic mass is 10.3. The molecule has 0 spiro atoms. The molecule has 4 heterocycles. The molecule has 31 heavy (non-hydrogen) atoms. The van der Waals surface area contributed by atoms with Crippen molar-refractivity contribution in [3.05, 3.63) is 39.3 Å². The molecule has 1 aliphatic heterocycles. The number of anilines is 1. The number of fused-ring (bicyclic) bond motifs is 1. The van der Waals surface area contributed by atoms with Crippen LogP contribution in [0.5, 0.6) is 0 Å². The molecule has 166 valence electrons. The van der Waals surface area contributed by atoms with E-state index in [-0.39, 0.29) is 12.2 Å². The molecule has 4 rings (SSSR count). The van der Waals surface area contributed by atoms with Crippen molar-refractivity contribution in [2.75, 3.05) is 50.0 Å². The molecule has 0 aromatic carbocycles. The van der Waals surface area contributed by atoms with Crippen LogP contribution < -0.4 is 16.1 Å². The lowest BCUT2D eigenvalue weighted by Gasteiger charge is -2.35. The van der Waals surface area contributed by atoms with Crippen molar-refractivity contribution in [1.29, 1.82) is 0 Å². The van der Waals surface area contributed by atoms with Crippen LogP contribution in [0.3, 0.4) is 0 Å². The summed E-state index contributed by atoms with van der Waals surface area (Å²) in [5.41, 5.74) is 0.0686. The van der Waals surface area contributed by atoms with Crippen LogP contribution in [0.25, 0.3) is 11.2 Å². The van der Waals surface area contributed by atoms with Gasteiger partial charge in [0.25, 0.3) is 5.56 Å². The van der Waals surface area contributed by atoms with Gasteiger partial charge >= 0.3 is 5.69 Å². The van der Waals surface area contributed by atoms with E-state index in [0.29, 0.717) is 41.1 Å². The first-order valence-electron chi connectivity index (χ1n) is 10.2. The molecule has 0 bridgehead atoms. The summed E-state index contributed by atoms with van der Waals surface area (Å²) in [6.07, 6.45) is 3.40. The first-order valence-corrected chi connectivity index (χ1v) is 11.1. The van der Waals surface area contributed by atoms with Crippen LogP contribution in [0.15, 0.2) is 33.2 Å². The van der Waals surface area contributed by atoms with Gasteiger partial charge < -0.3 is 14.6 Å². The van der Waals surface area contributed by atoms with Gasteiger partial charge in [0.1, 0.15) is 0 Å². The van der Waals surface area contributed by atoms with Crippen molar-refractivity contribution in [2.24, 2.45) is 14.1 Å². The fraction of sp³-hybridized carbons (Fsp3) is 0.526. The summed E-state index contributed by atoms with van der Waals surface area (Å²) in [5.74, 6) is 1.34. The number of rotatable bonds is 7. The maximum absolute atomic E-state index is 13.0. The van der Waals surface area contributed by atoms with Gasteiger partial charge in [-0.1, -0.05) is 11.8 Å². The van der Waals surface area contributed by atoms with Crippen molar-refractivity contribution in [2.45, 2.75) is 11.7 Å². The van der Waals surface area contributed by atoms with E-state index in [2.05, 4.69) is 19.8 Å². The van der Waals surface area contributed by atoms with Gasteiger partial charge in [0.05, 0.1) is 6.61 Å². The van der Waals surface area contributed by atoms with Crippen LogP contribution in [-0.2, 0) is 20.6 Å². The number of hydrogen-bond donors (Lipinski definition) is 1. The maximum Gasteiger partial charge on any atom is 0.332 e. The second kappa shape index (κ2) is 9.20. The van der Waals surface area contributed by atoms with Crippen molar-refractivity contribution in [3.8, 4) is 0 Å². The third-order valence-corrected chi connectivity index (χ3v) is 6.34. The topological polar surface area (TPSA) is 114 Å². The van der Waals surface area contributed by atoms with E-state index in [1.165, 1.54) is 23.4 Å². The number of thioether (sulfide) groups is 1. The first-order chi connectivity index (χ1) is 15.0. The predicted octanol–water partition coefficient (Wildman–Crippen LogP) is -0.870. The zero-order chi connectivity index (χ0) is 22.0. The van der Waals surface area contributed by atoms with Crippen LogP contribution in [0.1, 0.15) is 0 Å². The minimum Gasteiger partial charge on any atom is -0.395 e. The molecule has 0 amide bonds. The zero-order valence-corrected chi connectivity index (χ0v) is 18.5. The molecule has 0 saturated carbocycles. The van der Waals surface area contributed by atoms with Crippen molar-refractivity contribution >= 4 is 28.9 Å². The van der Waals surface area contributed by atoms with E-state index in [1.807, 2.05) is 4.57 Å². The number of aryl methyl sites for hydroxylation is 2. The Labute approximate surface area is 183 Å². The number of imidazole rings is 1. The van der Waals surface area contributed by atoms with Gasteiger partial charge in [-0.2, -0.15) is 4.98 Å². The van der Waals surface area contributed by atoms with Crippen molar-refractivity contribution in [3.63, 3.8) is 0 Å². The number of aliphatic hydroxyl groups is 1. The lowest BCUT2D eigenvalue weighted by Crippen LogP contribution is -2.48. The molecule has 3 aromatic heterocycles. The molecule has 1 N–H and O–H groups in total. The standard InChI is InChI=1S/C19H26N8O3S/c1-23-15-14(16(29)24(2)19(23)30)27(11-13-31-17-20-4-3-5-21-17)18(22-15)26-8-6-25(7-9-26)10-12-28/h3-5,28H,6-13H2,1-2H3. The monoisotopic (exact) mass is 446 g/mol. The van der Waals surface area contributed by atoms with E-state index in [0.717, 1.165) is 30.7 Å². The van der Waals surface area contributed by atoms with Gasteiger partial charge in [-0.15, -0.1) is 0 Å². The SMILES string of the molecule is Cn1c(=O)c2c(nc(N3CCN(CCO)CC3)n2CCSc2ncccn2)n(C)c1=O. The van der Waals surface area contributed by atoms with Crippen LogP contribution in [0, 0.1) is 0 Å². The van der Waals surface area contributed by atoms with Crippen molar-refractivity contribution in [1.82, 2.24) is 33.6 Å². The highest BCUT2D eigenvalue weighted by Crippen LogP contribution is 2.22. The Bertz CT molecular complexity index is 1160. The molecule has 0 unspecified atom stereocenters. The van der Waals surface area contributed by atoms with E-state index in [9.17, 15) is 14.7 Å². The highest BCUT2D eigenvalue weighted by molar-refractivity contribution is 7.99. The molecular formula is C19H26N8O3S. The second-order valence-corrected chi connectivity index (χ2v) is 8.44. The number of aromatic nitrogens is 6. The van der Waals surface area contributed by atoms with E-state index >= 15 is 0 Å². The fourth-order valence-electron chi connectivity index (χ4n) is 3.79. The summed E-state index contributed by atoms with van der Waals surface area (Å²) in [5, 5.41) is 9.86. The number of hydrogen-bond acceptors (Lipinski definition) is 9. The molecule has 11 nitrogen and oxygen atoms in total. The van der Waals surface area contributed by atoms with Gasteiger partial charge in [-0.25, -0.2) is 14.8 Å². The third kappa shape index (κ3) is 4.23. The maximum atomic E-state index is 13.0. The minimum atomic E-state index is -0.395. The summed E-state index contributed by atoms with van der Waals surface area (Å²) in [6, 6.07) is 1.77. The Balaban J connectivity index is 1.69. The summed E-state index contributed by atoms with van der Waals surface area (Å²) < 4.78 is 4.46. The summed E-state index contributed by atoms with van der Waals surface area (Å²) in [6.45, 7) is 4.36. The molecular weight excluding hydrogens is 420 g/mol. The fourth-order valence-corrected chi connectivity index (χ4v) is 4.52. The predicted molar refractivity (Wildman–Crippen MR) is 119 cm³/mol. The summed E-state index contributed by atoms with van der Waals surface area (Å²) in [4.78, 5) is 42.9. The number of nitrogens with zero attached hydrogens (tertiary/aromatic N) is 8. The van der Waals surface area contributed by atoms with Crippen LogP contribution in [-0.4, -0.2) is 83.7 Å². The van der Waals surface area contributed by atoms with Crippen LogP contribution >= 0.6 is 11.8 Å². The van der Waals surface area contributed by atoms with Gasteiger partial charge in [-0.05, 0) is 6.07 Å². The Morgan fingerprint density at radius 1 is 1.03 bits per heavy atom. The highest BCUT2D eigenvalue weighted by atomic mass is 32.2. The minimum absolute atomic E-state index is 0.134. The molecule has 12 heteroatoms. The molecule has 0 atom stereocenters. The molecule has 1 saturated heterocycles. The highest BCUT2D eigenvalue weighted by Gasteiger charge is 2.25. The summed E-state index contributed by atoms with van der Waals surface area (Å²) >= 11 is 1.50.